The van der Waals surface area contributed by atoms with E-state index in [1.165, 1.54) is 11.3 Å². The Labute approximate surface area is 147 Å². The molecule has 0 bridgehead atoms. The van der Waals surface area contributed by atoms with Crippen LogP contribution < -0.4 is 10.7 Å². The van der Waals surface area contributed by atoms with Gasteiger partial charge in [0.25, 0.3) is 5.91 Å². The fourth-order valence-corrected chi connectivity index (χ4v) is 3.36. The Morgan fingerprint density at radius 2 is 2.08 bits per heavy atom. The lowest BCUT2D eigenvalue weighted by atomic mass is 10.1. The number of amides is 2. The van der Waals surface area contributed by atoms with Crippen LogP contribution in [0.15, 0.2) is 29.4 Å². The average Bonchev–Trinajstić information content (AvgIpc) is 2.89. The van der Waals surface area contributed by atoms with Crippen molar-refractivity contribution in [1.29, 1.82) is 0 Å². The molecule has 1 aliphatic heterocycles. The molecule has 0 unspecified atom stereocenters. The molecular weight excluding hydrogens is 348 g/mol. The number of anilines is 1. The number of rotatable bonds is 4. The Hall–Kier alpha value is -2.25. The van der Waals surface area contributed by atoms with E-state index in [-0.39, 0.29) is 18.2 Å². The van der Waals surface area contributed by atoms with Gasteiger partial charge >= 0.3 is 0 Å². The molecule has 0 aliphatic carbocycles. The Morgan fingerprint density at radius 3 is 2.75 bits per heavy atom. The maximum atomic E-state index is 12.1. The van der Waals surface area contributed by atoms with Crippen molar-refractivity contribution >= 4 is 45.6 Å². The SMILES string of the molecule is Cc1nc(NC(=O)C2=NNC(=O)CC2)sc1Cc1ccc(Cl)cc1. The third-order valence-corrected chi connectivity index (χ3v) is 4.88. The Balaban J connectivity index is 1.68. The maximum Gasteiger partial charge on any atom is 0.273 e. The first kappa shape index (κ1) is 16.6. The standard InChI is InChI=1S/C16H15ClN4O2S/c1-9-13(8-10-2-4-11(17)5-3-10)24-16(18-9)19-15(23)12-6-7-14(22)21-20-12/h2-5H,6-8H2,1H3,(H,21,22)(H,18,19,23). The van der Waals surface area contributed by atoms with Gasteiger partial charge in [0, 0.05) is 29.2 Å². The number of aromatic nitrogens is 1. The van der Waals surface area contributed by atoms with Gasteiger partial charge in [0.2, 0.25) is 5.91 Å². The third kappa shape index (κ3) is 3.98. The summed E-state index contributed by atoms with van der Waals surface area (Å²) < 4.78 is 0. The molecule has 2 amide bonds. The van der Waals surface area contributed by atoms with E-state index in [1.54, 1.807) is 0 Å². The van der Waals surface area contributed by atoms with Crippen LogP contribution in [0.1, 0.15) is 29.0 Å². The van der Waals surface area contributed by atoms with E-state index in [0.29, 0.717) is 22.3 Å². The highest BCUT2D eigenvalue weighted by molar-refractivity contribution is 7.16. The molecule has 24 heavy (non-hydrogen) atoms. The number of halogens is 1. The molecule has 8 heteroatoms. The number of nitrogens with zero attached hydrogens (tertiary/aromatic N) is 2. The first-order valence-corrected chi connectivity index (χ1v) is 8.58. The van der Waals surface area contributed by atoms with E-state index >= 15 is 0 Å². The molecule has 0 fully saturated rings. The third-order valence-electron chi connectivity index (χ3n) is 3.56. The van der Waals surface area contributed by atoms with E-state index in [9.17, 15) is 9.59 Å². The van der Waals surface area contributed by atoms with Crippen LogP contribution in [0.25, 0.3) is 0 Å². The fourth-order valence-electron chi connectivity index (χ4n) is 2.24. The molecule has 0 atom stereocenters. The van der Waals surface area contributed by atoms with Gasteiger partial charge in [-0.05, 0) is 24.6 Å². The topological polar surface area (TPSA) is 83.4 Å². The van der Waals surface area contributed by atoms with Crippen molar-refractivity contribution in [2.24, 2.45) is 5.10 Å². The van der Waals surface area contributed by atoms with Crippen LogP contribution in [0.5, 0.6) is 0 Å². The summed E-state index contributed by atoms with van der Waals surface area (Å²) >= 11 is 7.33. The molecule has 0 saturated heterocycles. The largest absolute Gasteiger partial charge is 0.297 e. The smallest absolute Gasteiger partial charge is 0.273 e. The van der Waals surface area contributed by atoms with Gasteiger partial charge < -0.3 is 0 Å². The number of aryl methyl sites for hydroxylation is 1. The molecule has 2 N–H and O–H groups in total. The van der Waals surface area contributed by atoms with Crippen molar-refractivity contribution in [2.75, 3.05) is 5.32 Å². The van der Waals surface area contributed by atoms with Crippen molar-refractivity contribution < 1.29 is 9.59 Å². The van der Waals surface area contributed by atoms with Gasteiger partial charge in [0.15, 0.2) is 5.13 Å². The first-order chi connectivity index (χ1) is 11.5. The van der Waals surface area contributed by atoms with Crippen LogP contribution in [-0.2, 0) is 16.0 Å². The number of benzene rings is 1. The lowest BCUT2D eigenvalue weighted by Crippen LogP contribution is -2.32. The van der Waals surface area contributed by atoms with E-state index in [1.807, 2.05) is 31.2 Å². The summed E-state index contributed by atoms with van der Waals surface area (Å²) in [5.41, 5.74) is 4.63. The summed E-state index contributed by atoms with van der Waals surface area (Å²) in [6, 6.07) is 7.65. The van der Waals surface area contributed by atoms with E-state index in [4.69, 9.17) is 11.6 Å². The molecule has 1 aliphatic rings. The van der Waals surface area contributed by atoms with Crippen molar-refractivity contribution in [2.45, 2.75) is 26.2 Å². The second-order valence-corrected chi connectivity index (χ2v) is 6.90. The minimum Gasteiger partial charge on any atom is -0.297 e. The molecule has 2 aromatic rings. The van der Waals surface area contributed by atoms with Crippen molar-refractivity contribution in [3.05, 3.63) is 45.4 Å². The number of hydrazone groups is 1. The zero-order valence-electron chi connectivity index (χ0n) is 12.9. The molecule has 1 aromatic heterocycles. The summed E-state index contributed by atoms with van der Waals surface area (Å²) in [6.45, 7) is 1.91. The van der Waals surface area contributed by atoms with E-state index in [0.717, 1.165) is 22.6 Å². The number of carbonyl (C=O) groups excluding carboxylic acids is 2. The summed E-state index contributed by atoms with van der Waals surface area (Å²) in [5, 5.41) is 7.76. The molecular formula is C16H15ClN4O2S. The summed E-state index contributed by atoms with van der Waals surface area (Å²) in [6.07, 6.45) is 1.33. The van der Waals surface area contributed by atoms with Gasteiger partial charge in [-0.3, -0.25) is 14.9 Å². The number of nitrogens with one attached hydrogen (secondary N) is 2. The number of hydrogen-bond acceptors (Lipinski definition) is 5. The van der Waals surface area contributed by atoms with Crippen molar-refractivity contribution in [3.8, 4) is 0 Å². The normalized spacial score (nSPS) is 14.1. The lowest BCUT2D eigenvalue weighted by molar-refractivity contribution is -0.121. The van der Waals surface area contributed by atoms with E-state index in [2.05, 4.69) is 20.8 Å². The first-order valence-electron chi connectivity index (χ1n) is 7.39. The van der Waals surface area contributed by atoms with Crippen molar-refractivity contribution in [3.63, 3.8) is 0 Å². The molecule has 6 nitrogen and oxygen atoms in total. The molecule has 0 radical (unpaired) electrons. The van der Waals surface area contributed by atoms with Crippen LogP contribution in [0.3, 0.4) is 0 Å². The minimum absolute atomic E-state index is 0.179. The summed E-state index contributed by atoms with van der Waals surface area (Å²) in [4.78, 5) is 28.7. The Bertz CT molecular complexity index is 814. The van der Waals surface area contributed by atoms with E-state index < -0.39 is 0 Å². The van der Waals surface area contributed by atoms with Crippen LogP contribution in [-0.4, -0.2) is 22.5 Å². The van der Waals surface area contributed by atoms with Gasteiger partial charge in [-0.25, -0.2) is 10.4 Å². The number of hydrogen-bond donors (Lipinski definition) is 2. The predicted octanol–water partition coefficient (Wildman–Crippen LogP) is 2.90. The second kappa shape index (κ2) is 7.11. The molecule has 0 saturated carbocycles. The molecule has 2 heterocycles. The Morgan fingerprint density at radius 1 is 1.33 bits per heavy atom. The van der Waals surface area contributed by atoms with Gasteiger partial charge in [0.1, 0.15) is 5.71 Å². The van der Waals surface area contributed by atoms with Crippen LogP contribution in [0, 0.1) is 6.92 Å². The van der Waals surface area contributed by atoms with Crippen LogP contribution in [0.2, 0.25) is 5.02 Å². The highest BCUT2D eigenvalue weighted by Crippen LogP contribution is 2.26. The van der Waals surface area contributed by atoms with Gasteiger partial charge in [-0.15, -0.1) is 11.3 Å². The average molecular weight is 363 g/mol. The summed E-state index contributed by atoms with van der Waals surface area (Å²) in [5.74, 6) is -0.510. The zero-order valence-corrected chi connectivity index (χ0v) is 14.5. The second-order valence-electron chi connectivity index (χ2n) is 5.38. The molecule has 0 spiro atoms. The van der Waals surface area contributed by atoms with Crippen LogP contribution in [0.4, 0.5) is 5.13 Å². The number of thiazole rings is 1. The molecule has 124 valence electrons. The number of carbonyl (C=O) groups is 2. The predicted molar refractivity (Wildman–Crippen MR) is 94.6 cm³/mol. The van der Waals surface area contributed by atoms with Crippen molar-refractivity contribution in [1.82, 2.24) is 10.4 Å². The zero-order chi connectivity index (χ0) is 17.1. The lowest BCUT2D eigenvalue weighted by Gasteiger charge is -2.10. The summed E-state index contributed by atoms with van der Waals surface area (Å²) in [7, 11) is 0. The molecule has 1 aromatic carbocycles. The van der Waals surface area contributed by atoms with Crippen LogP contribution >= 0.6 is 22.9 Å². The highest BCUT2D eigenvalue weighted by atomic mass is 35.5. The maximum absolute atomic E-state index is 12.1. The fraction of sp³-hybridized carbons (Fsp3) is 0.250. The Kier molecular flexibility index (Phi) is 4.92. The van der Waals surface area contributed by atoms with Gasteiger partial charge in [0.05, 0.1) is 5.69 Å². The highest BCUT2D eigenvalue weighted by Gasteiger charge is 2.20. The quantitative estimate of drug-likeness (QED) is 0.877. The van der Waals surface area contributed by atoms with Gasteiger partial charge in [-0.1, -0.05) is 23.7 Å². The molecule has 3 rings (SSSR count). The monoisotopic (exact) mass is 362 g/mol. The minimum atomic E-state index is -0.332. The van der Waals surface area contributed by atoms with Gasteiger partial charge in [-0.2, -0.15) is 5.10 Å².